The van der Waals surface area contributed by atoms with E-state index >= 15 is 0 Å². The number of hydrogen-bond acceptors (Lipinski definition) is 2. The van der Waals surface area contributed by atoms with Gasteiger partial charge in [-0.2, -0.15) is 0 Å². The number of rotatable bonds is 6. The number of hydrogen-bond donors (Lipinski definition) is 1. The first-order valence-corrected chi connectivity index (χ1v) is 8.63. The van der Waals surface area contributed by atoms with Crippen molar-refractivity contribution in [2.75, 3.05) is 6.54 Å². The topological polar surface area (TPSA) is 21.3 Å². The van der Waals surface area contributed by atoms with Crippen LogP contribution in [-0.4, -0.2) is 24.3 Å². The van der Waals surface area contributed by atoms with Gasteiger partial charge in [0.1, 0.15) is 0 Å². The summed E-state index contributed by atoms with van der Waals surface area (Å²) in [5, 5.41) is 3.59. The lowest BCUT2D eigenvalue weighted by Crippen LogP contribution is -2.44. The van der Waals surface area contributed by atoms with E-state index < -0.39 is 0 Å². The predicted octanol–water partition coefficient (Wildman–Crippen LogP) is 4.63. The van der Waals surface area contributed by atoms with Gasteiger partial charge in [0.05, 0.1) is 12.2 Å². The molecule has 0 aromatic heterocycles. The Morgan fingerprint density at radius 2 is 1.85 bits per heavy atom. The maximum absolute atomic E-state index is 6.52. The number of nitrogens with one attached hydrogen (secondary N) is 1. The van der Waals surface area contributed by atoms with Crippen LogP contribution in [0.3, 0.4) is 0 Å². The fraction of sp³-hybridized carbons (Fsp3) is 1.00. The molecule has 1 N–H and O–H groups in total. The molecule has 2 nitrogen and oxygen atoms in total. The molecule has 0 radical (unpaired) electrons. The maximum Gasteiger partial charge on any atom is 0.0700 e. The molecular weight excluding hydrogens is 246 g/mol. The van der Waals surface area contributed by atoms with Crippen LogP contribution in [0.1, 0.15) is 74.1 Å². The molecule has 20 heavy (non-hydrogen) atoms. The Morgan fingerprint density at radius 3 is 2.35 bits per heavy atom. The Bertz CT molecular complexity index is 269. The third-order valence-electron chi connectivity index (χ3n) is 4.64. The molecule has 0 aromatic rings. The molecule has 0 heterocycles. The minimum atomic E-state index is 0.175. The molecule has 1 fully saturated rings. The molecule has 1 rings (SSSR count). The largest absolute Gasteiger partial charge is 0.373 e. The molecule has 4 atom stereocenters. The number of ether oxygens (including phenoxy) is 1. The zero-order chi connectivity index (χ0) is 15.3. The molecule has 0 aromatic carbocycles. The van der Waals surface area contributed by atoms with E-state index in [-0.39, 0.29) is 5.54 Å². The monoisotopic (exact) mass is 283 g/mol. The van der Waals surface area contributed by atoms with E-state index in [1.165, 1.54) is 19.3 Å². The summed E-state index contributed by atoms with van der Waals surface area (Å²) >= 11 is 0. The van der Waals surface area contributed by atoms with E-state index in [0.717, 1.165) is 30.7 Å². The zero-order valence-corrected chi connectivity index (χ0v) is 14.8. The van der Waals surface area contributed by atoms with Gasteiger partial charge in [0.2, 0.25) is 0 Å². The Kier molecular flexibility index (Phi) is 7.00. The fourth-order valence-corrected chi connectivity index (χ4v) is 3.23. The van der Waals surface area contributed by atoms with Crippen molar-refractivity contribution in [2.45, 2.75) is 91.9 Å². The van der Waals surface area contributed by atoms with Crippen LogP contribution in [0.15, 0.2) is 0 Å². The third kappa shape index (κ3) is 6.13. The highest BCUT2D eigenvalue weighted by atomic mass is 16.5. The van der Waals surface area contributed by atoms with E-state index in [0.29, 0.717) is 12.2 Å². The molecule has 0 spiro atoms. The minimum Gasteiger partial charge on any atom is -0.373 e. The smallest absolute Gasteiger partial charge is 0.0700 e. The molecule has 0 amide bonds. The third-order valence-corrected chi connectivity index (χ3v) is 4.64. The first-order chi connectivity index (χ1) is 9.23. The van der Waals surface area contributed by atoms with Crippen LogP contribution < -0.4 is 5.32 Å². The van der Waals surface area contributed by atoms with E-state index in [4.69, 9.17) is 4.74 Å². The van der Waals surface area contributed by atoms with Gasteiger partial charge < -0.3 is 10.1 Å². The first-order valence-electron chi connectivity index (χ1n) is 8.63. The summed E-state index contributed by atoms with van der Waals surface area (Å²) in [5.74, 6) is 2.30. The summed E-state index contributed by atoms with van der Waals surface area (Å²) in [6.45, 7) is 17.0. The van der Waals surface area contributed by atoms with Crippen molar-refractivity contribution in [2.24, 2.45) is 17.8 Å². The van der Waals surface area contributed by atoms with Crippen molar-refractivity contribution in [3.63, 3.8) is 0 Å². The molecule has 120 valence electrons. The van der Waals surface area contributed by atoms with Gasteiger partial charge in [0.15, 0.2) is 0 Å². The van der Waals surface area contributed by atoms with Gasteiger partial charge >= 0.3 is 0 Å². The van der Waals surface area contributed by atoms with Crippen molar-refractivity contribution in [3.05, 3.63) is 0 Å². The van der Waals surface area contributed by atoms with E-state index in [9.17, 15) is 0 Å². The Balaban J connectivity index is 2.56. The molecular formula is C18H37NO. The quantitative estimate of drug-likeness (QED) is 0.767. The van der Waals surface area contributed by atoms with Crippen LogP contribution in [0.25, 0.3) is 0 Å². The van der Waals surface area contributed by atoms with Gasteiger partial charge in [-0.05, 0) is 57.8 Å². The Morgan fingerprint density at radius 1 is 1.20 bits per heavy atom. The van der Waals surface area contributed by atoms with Crippen molar-refractivity contribution < 1.29 is 4.74 Å². The zero-order valence-electron chi connectivity index (χ0n) is 14.8. The van der Waals surface area contributed by atoms with Gasteiger partial charge in [-0.15, -0.1) is 0 Å². The van der Waals surface area contributed by atoms with Gasteiger partial charge in [-0.1, -0.05) is 34.1 Å². The molecule has 4 unspecified atom stereocenters. The molecule has 0 bridgehead atoms. The SMILES string of the molecule is CCC(CNC(C)(C)C)OC1CC(C)CCC1C(C)C. The summed E-state index contributed by atoms with van der Waals surface area (Å²) in [6, 6.07) is 0. The lowest BCUT2D eigenvalue weighted by Gasteiger charge is -2.39. The van der Waals surface area contributed by atoms with Crippen molar-refractivity contribution >= 4 is 0 Å². The van der Waals surface area contributed by atoms with Crippen LogP contribution in [0.4, 0.5) is 0 Å². The van der Waals surface area contributed by atoms with Gasteiger partial charge in [0, 0.05) is 12.1 Å². The summed E-state index contributed by atoms with van der Waals surface area (Å²) in [7, 11) is 0. The molecule has 1 aliphatic carbocycles. The van der Waals surface area contributed by atoms with E-state index in [1.54, 1.807) is 0 Å². The average molecular weight is 284 g/mol. The highest BCUT2D eigenvalue weighted by molar-refractivity contribution is 4.83. The van der Waals surface area contributed by atoms with E-state index in [1.807, 2.05) is 0 Å². The Hall–Kier alpha value is -0.0800. The maximum atomic E-state index is 6.52. The predicted molar refractivity (Wildman–Crippen MR) is 88.1 cm³/mol. The van der Waals surface area contributed by atoms with Crippen LogP contribution in [0.2, 0.25) is 0 Å². The van der Waals surface area contributed by atoms with Crippen molar-refractivity contribution in [1.82, 2.24) is 5.32 Å². The first kappa shape index (κ1) is 18.0. The second-order valence-corrected chi connectivity index (χ2v) is 8.16. The van der Waals surface area contributed by atoms with Crippen LogP contribution in [0.5, 0.6) is 0 Å². The fourth-order valence-electron chi connectivity index (χ4n) is 3.23. The highest BCUT2D eigenvalue weighted by Crippen LogP contribution is 2.36. The standard InChI is InChI=1S/C18H37NO/c1-8-15(12-19-18(5,6)7)20-17-11-14(4)9-10-16(17)13(2)3/h13-17,19H,8-12H2,1-7H3. The Labute approximate surface area is 127 Å². The van der Waals surface area contributed by atoms with E-state index in [2.05, 4.69) is 53.8 Å². The molecule has 1 aliphatic rings. The molecule has 1 saturated carbocycles. The van der Waals surface area contributed by atoms with Crippen LogP contribution in [-0.2, 0) is 4.74 Å². The van der Waals surface area contributed by atoms with Gasteiger partial charge in [-0.3, -0.25) is 0 Å². The summed E-state index contributed by atoms with van der Waals surface area (Å²) in [6.07, 6.45) is 5.87. The highest BCUT2D eigenvalue weighted by Gasteiger charge is 2.32. The van der Waals surface area contributed by atoms with Crippen molar-refractivity contribution in [3.8, 4) is 0 Å². The van der Waals surface area contributed by atoms with Crippen LogP contribution in [0, 0.1) is 17.8 Å². The van der Waals surface area contributed by atoms with Gasteiger partial charge in [0.25, 0.3) is 0 Å². The lowest BCUT2D eigenvalue weighted by atomic mass is 9.75. The normalized spacial score (nSPS) is 29.7. The van der Waals surface area contributed by atoms with Crippen LogP contribution >= 0.6 is 0 Å². The average Bonchev–Trinajstić information content (AvgIpc) is 2.33. The van der Waals surface area contributed by atoms with Crippen molar-refractivity contribution in [1.29, 1.82) is 0 Å². The lowest BCUT2D eigenvalue weighted by molar-refractivity contribution is -0.0813. The molecule has 2 heteroatoms. The molecule has 0 saturated heterocycles. The second-order valence-electron chi connectivity index (χ2n) is 8.16. The summed E-state index contributed by atoms with van der Waals surface area (Å²) in [4.78, 5) is 0. The second kappa shape index (κ2) is 7.79. The summed E-state index contributed by atoms with van der Waals surface area (Å²) < 4.78 is 6.52. The summed E-state index contributed by atoms with van der Waals surface area (Å²) in [5.41, 5.74) is 0.175. The van der Waals surface area contributed by atoms with Gasteiger partial charge in [-0.25, -0.2) is 0 Å². The molecule has 0 aliphatic heterocycles. The minimum absolute atomic E-state index is 0.175.